The third kappa shape index (κ3) is 4.28. The lowest BCUT2D eigenvalue weighted by Crippen LogP contribution is -2.42. The Hall–Kier alpha value is -2.04. The number of hydrogen-bond donors (Lipinski definition) is 1. The summed E-state index contributed by atoms with van der Waals surface area (Å²) < 4.78 is 10.6. The van der Waals surface area contributed by atoms with E-state index in [0.29, 0.717) is 11.5 Å². The minimum Gasteiger partial charge on any atom is -0.493 e. The maximum absolute atomic E-state index is 11.8. The normalized spacial score (nSPS) is 11.8. The molecule has 19 heavy (non-hydrogen) atoms. The monoisotopic (exact) mass is 265 g/mol. The van der Waals surface area contributed by atoms with Crippen molar-refractivity contribution in [1.82, 2.24) is 5.32 Å². The molecule has 0 fully saturated rings. The first-order valence-electron chi connectivity index (χ1n) is 6.10. The summed E-state index contributed by atoms with van der Waals surface area (Å²) in [5.41, 5.74) is 0. The average Bonchev–Trinajstić information content (AvgIpc) is 2.37. The Balaban J connectivity index is 2.71. The lowest BCUT2D eigenvalue weighted by atomic mass is 10.2. The van der Waals surface area contributed by atoms with Gasteiger partial charge in [-0.2, -0.15) is 0 Å². The molecular weight excluding hydrogens is 246 g/mol. The maximum Gasteiger partial charge on any atom is 0.291 e. The molecule has 0 aliphatic heterocycles. The summed E-state index contributed by atoms with van der Waals surface area (Å²) >= 11 is 0. The number of rotatable bonds is 6. The van der Waals surface area contributed by atoms with Crippen molar-refractivity contribution >= 4 is 11.7 Å². The first-order valence-corrected chi connectivity index (χ1v) is 6.10. The topological polar surface area (TPSA) is 64.6 Å². The van der Waals surface area contributed by atoms with Crippen molar-refractivity contribution in [2.24, 2.45) is 0 Å². The van der Waals surface area contributed by atoms with Crippen LogP contribution in [0.1, 0.15) is 20.8 Å². The summed E-state index contributed by atoms with van der Waals surface area (Å²) in [6.07, 6.45) is -0.866. The molecule has 0 aromatic heterocycles. The van der Waals surface area contributed by atoms with Crippen molar-refractivity contribution in [2.45, 2.75) is 32.9 Å². The fraction of sp³-hybridized carbons (Fsp3) is 0.429. The van der Waals surface area contributed by atoms with Gasteiger partial charge in [-0.25, -0.2) is 0 Å². The van der Waals surface area contributed by atoms with E-state index in [1.807, 2.05) is 0 Å². The van der Waals surface area contributed by atoms with E-state index in [-0.39, 0.29) is 6.04 Å². The van der Waals surface area contributed by atoms with Crippen LogP contribution in [0.25, 0.3) is 0 Å². The fourth-order valence-corrected chi connectivity index (χ4v) is 1.48. The van der Waals surface area contributed by atoms with Gasteiger partial charge in [-0.3, -0.25) is 9.59 Å². The van der Waals surface area contributed by atoms with Crippen molar-refractivity contribution in [1.29, 1.82) is 0 Å². The van der Waals surface area contributed by atoms with Crippen molar-refractivity contribution < 1.29 is 19.1 Å². The Morgan fingerprint density at radius 1 is 1.11 bits per heavy atom. The van der Waals surface area contributed by atoms with Crippen LogP contribution in [0.15, 0.2) is 24.3 Å². The van der Waals surface area contributed by atoms with Crippen LogP contribution in [0.2, 0.25) is 0 Å². The van der Waals surface area contributed by atoms with Gasteiger partial charge in [0, 0.05) is 6.04 Å². The van der Waals surface area contributed by atoms with Gasteiger partial charge in [-0.05, 0) is 32.9 Å². The Labute approximate surface area is 112 Å². The summed E-state index contributed by atoms with van der Waals surface area (Å²) in [6, 6.07) is 6.88. The summed E-state index contributed by atoms with van der Waals surface area (Å²) in [6.45, 7) is 5.11. The van der Waals surface area contributed by atoms with E-state index < -0.39 is 17.8 Å². The molecule has 1 rings (SSSR count). The van der Waals surface area contributed by atoms with Gasteiger partial charge in [-0.15, -0.1) is 0 Å². The summed E-state index contributed by atoms with van der Waals surface area (Å²) in [5.74, 6) is -0.299. The molecule has 0 spiro atoms. The van der Waals surface area contributed by atoms with E-state index in [2.05, 4.69) is 5.32 Å². The zero-order chi connectivity index (χ0) is 14.4. The highest BCUT2D eigenvalue weighted by atomic mass is 16.5. The van der Waals surface area contributed by atoms with Crippen molar-refractivity contribution in [3.05, 3.63) is 24.3 Å². The molecule has 0 saturated carbocycles. The molecule has 1 aromatic carbocycles. The number of hydrogen-bond acceptors (Lipinski definition) is 4. The largest absolute Gasteiger partial charge is 0.493 e. The molecule has 1 unspecified atom stereocenters. The number of ketones is 1. The molecule has 5 nitrogen and oxygen atoms in total. The van der Waals surface area contributed by atoms with Crippen LogP contribution in [-0.2, 0) is 9.59 Å². The van der Waals surface area contributed by atoms with Crippen molar-refractivity contribution in [3.63, 3.8) is 0 Å². The third-order valence-corrected chi connectivity index (χ3v) is 2.39. The SMILES string of the molecule is COc1ccccc1OC(C)C(=O)C(=O)NC(C)C. The highest BCUT2D eigenvalue weighted by Crippen LogP contribution is 2.26. The fourth-order valence-electron chi connectivity index (χ4n) is 1.48. The lowest BCUT2D eigenvalue weighted by molar-refractivity contribution is -0.141. The number of ether oxygens (including phenoxy) is 2. The van der Waals surface area contributed by atoms with Gasteiger partial charge in [-0.1, -0.05) is 12.1 Å². The quantitative estimate of drug-likeness (QED) is 0.793. The number of Topliss-reactive ketones (excluding diaryl/α,β-unsaturated/α-hetero) is 1. The number of nitrogens with one attached hydrogen (secondary N) is 1. The van der Waals surface area contributed by atoms with Crippen LogP contribution in [0.4, 0.5) is 0 Å². The average molecular weight is 265 g/mol. The number of para-hydroxylation sites is 2. The van der Waals surface area contributed by atoms with E-state index in [0.717, 1.165) is 0 Å². The van der Waals surface area contributed by atoms with Crippen LogP contribution in [0.3, 0.4) is 0 Å². The second-order valence-electron chi connectivity index (χ2n) is 4.40. The van der Waals surface area contributed by atoms with Gasteiger partial charge >= 0.3 is 0 Å². The molecule has 0 saturated heterocycles. The molecule has 0 heterocycles. The maximum atomic E-state index is 11.8. The van der Waals surface area contributed by atoms with E-state index in [9.17, 15) is 9.59 Å². The van der Waals surface area contributed by atoms with Gasteiger partial charge in [0.2, 0.25) is 0 Å². The zero-order valence-electron chi connectivity index (χ0n) is 11.6. The molecule has 0 radical (unpaired) electrons. The highest BCUT2D eigenvalue weighted by Gasteiger charge is 2.24. The number of carbonyl (C=O) groups excluding carboxylic acids is 2. The van der Waals surface area contributed by atoms with Crippen molar-refractivity contribution in [2.75, 3.05) is 7.11 Å². The predicted octanol–water partition coefficient (Wildman–Crippen LogP) is 1.56. The van der Waals surface area contributed by atoms with Crippen LogP contribution in [-0.4, -0.2) is 30.9 Å². The second kappa shape index (κ2) is 6.78. The molecule has 0 aliphatic carbocycles. The van der Waals surface area contributed by atoms with Gasteiger partial charge in [0.1, 0.15) is 0 Å². The minimum absolute atomic E-state index is 0.0880. The molecule has 1 N–H and O–H groups in total. The Morgan fingerprint density at radius 2 is 1.68 bits per heavy atom. The van der Waals surface area contributed by atoms with Crippen LogP contribution < -0.4 is 14.8 Å². The van der Waals surface area contributed by atoms with Crippen LogP contribution in [0, 0.1) is 0 Å². The number of carbonyl (C=O) groups is 2. The van der Waals surface area contributed by atoms with E-state index >= 15 is 0 Å². The third-order valence-electron chi connectivity index (χ3n) is 2.39. The lowest BCUT2D eigenvalue weighted by Gasteiger charge is -2.16. The highest BCUT2D eigenvalue weighted by molar-refractivity contribution is 6.37. The summed E-state index contributed by atoms with van der Waals surface area (Å²) in [5, 5.41) is 2.54. The number of methoxy groups -OCH3 is 1. The molecule has 1 atom stereocenters. The van der Waals surface area contributed by atoms with Crippen LogP contribution >= 0.6 is 0 Å². The summed E-state index contributed by atoms with van der Waals surface area (Å²) in [4.78, 5) is 23.4. The van der Waals surface area contributed by atoms with Gasteiger partial charge in [0.15, 0.2) is 17.6 Å². The molecular formula is C14H19NO4. The molecule has 104 valence electrons. The number of amides is 1. The molecule has 5 heteroatoms. The zero-order valence-corrected chi connectivity index (χ0v) is 11.6. The van der Waals surface area contributed by atoms with E-state index in [4.69, 9.17) is 9.47 Å². The standard InChI is InChI=1S/C14H19NO4/c1-9(2)15-14(17)13(16)10(3)19-12-8-6-5-7-11(12)18-4/h5-10H,1-4H3,(H,15,17). The van der Waals surface area contributed by atoms with Gasteiger partial charge in [0.25, 0.3) is 11.7 Å². The van der Waals surface area contributed by atoms with Gasteiger partial charge in [0.05, 0.1) is 7.11 Å². The van der Waals surface area contributed by atoms with Gasteiger partial charge < -0.3 is 14.8 Å². The second-order valence-corrected chi connectivity index (χ2v) is 4.40. The van der Waals surface area contributed by atoms with E-state index in [1.54, 1.807) is 38.1 Å². The Bertz CT molecular complexity index is 457. The smallest absolute Gasteiger partial charge is 0.291 e. The van der Waals surface area contributed by atoms with E-state index in [1.165, 1.54) is 14.0 Å². The first-order chi connectivity index (χ1) is 8.95. The van der Waals surface area contributed by atoms with Crippen LogP contribution in [0.5, 0.6) is 11.5 Å². The summed E-state index contributed by atoms with van der Waals surface area (Å²) in [7, 11) is 1.51. The Kier molecular flexibility index (Phi) is 5.36. The molecule has 0 aliphatic rings. The molecule has 1 aromatic rings. The minimum atomic E-state index is -0.866. The Morgan fingerprint density at radius 3 is 2.21 bits per heavy atom. The number of benzene rings is 1. The first kappa shape index (κ1) is 15.0. The molecule has 1 amide bonds. The predicted molar refractivity (Wildman–Crippen MR) is 71.4 cm³/mol. The van der Waals surface area contributed by atoms with Crippen molar-refractivity contribution in [3.8, 4) is 11.5 Å². The molecule has 0 bridgehead atoms.